The van der Waals surface area contributed by atoms with Crippen LogP contribution in [0.4, 0.5) is 11.4 Å². The van der Waals surface area contributed by atoms with Crippen molar-refractivity contribution >= 4 is 34.0 Å². The van der Waals surface area contributed by atoms with Gasteiger partial charge < -0.3 is 10.1 Å². The van der Waals surface area contributed by atoms with Crippen molar-refractivity contribution in [3.05, 3.63) is 66.2 Å². The number of rotatable bonds is 5. The molecule has 0 saturated carbocycles. The minimum atomic E-state index is -0.176. The first kappa shape index (κ1) is 19.0. The Bertz CT molecular complexity index is 1080. The highest BCUT2D eigenvalue weighted by molar-refractivity contribution is 6.10. The predicted molar refractivity (Wildman–Crippen MR) is 114 cm³/mol. The van der Waals surface area contributed by atoms with Crippen molar-refractivity contribution in [3.63, 3.8) is 0 Å². The number of hydrogen-bond donors (Lipinski definition) is 1. The second-order valence-corrected chi connectivity index (χ2v) is 7.26. The van der Waals surface area contributed by atoms with Crippen molar-refractivity contribution in [1.29, 1.82) is 0 Å². The summed E-state index contributed by atoms with van der Waals surface area (Å²) >= 11 is 0. The molecule has 2 amide bonds. The molecule has 3 aromatic carbocycles. The van der Waals surface area contributed by atoms with Gasteiger partial charge in [0.2, 0.25) is 11.8 Å². The van der Waals surface area contributed by atoms with Gasteiger partial charge in [0, 0.05) is 6.54 Å². The van der Waals surface area contributed by atoms with Crippen LogP contribution in [-0.4, -0.2) is 44.0 Å². The molecule has 4 rings (SSSR count). The van der Waals surface area contributed by atoms with E-state index in [9.17, 15) is 9.59 Å². The van der Waals surface area contributed by atoms with Gasteiger partial charge in [0.1, 0.15) is 12.3 Å². The molecule has 0 bridgehead atoms. The molecule has 1 aliphatic heterocycles. The van der Waals surface area contributed by atoms with E-state index in [1.165, 1.54) is 0 Å². The largest absolute Gasteiger partial charge is 0.497 e. The fourth-order valence-electron chi connectivity index (χ4n) is 3.64. The van der Waals surface area contributed by atoms with Crippen LogP contribution >= 0.6 is 0 Å². The number of anilines is 2. The highest BCUT2D eigenvalue weighted by Gasteiger charge is 2.27. The number of fused-ring (bicyclic) bond motifs is 2. The minimum absolute atomic E-state index is 0.0431. The van der Waals surface area contributed by atoms with Crippen LogP contribution in [-0.2, 0) is 16.1 Å². The SMILES string of the molecule is COc1ccc2cc(CN(C)CC(=O)N3CC(=O)Nc4ccccc43)ccc2c1. The van der Waals surface area contributed by atoms with Crippen LogP contribution in [0.15, 0.2) is 60.7 Å². The molecule has 148 valence electrons. The standard InChI is InChI=1S/C23H23N3O3/c1-25(13-16-7-8-18-12-19(29-2)10-9-17(18)11-16)15-23(28)26-14-22(27)24-20-5-3-4-6-21(20)26/h3-12H,13-15H2,1-2H3,(H,24,27). The Labute approximate surface area is 169 Å². The summed E-state index contributed by atoms with van der Waals surface area (Å²) in [6.45, 7) is 0.902. The maximum atomic E-state index is 12.9. The van der Waals surface area contributed by atoms with Crippen molar-refractivity contribution in [2.75, 3.05) is 37.5 Å². The first-order valence-electron chi connectivity index (χ1n) is 9.48. The molecule has 6 heteroatoms. The van der Waals surface area contributed by atoms with Gasteiger partial charge >= 0.3 is 0 Å². The van der Waals surface area contributed by atoms with Gasteiger partial charge in [-0.1, -0.05) is 30.3 Å². The number of nitrogens with zero attached hydrogens (tertiary/aromatic N) is 2. The zero-order chi connectivity index (χ0) is 20.4. The normalized spacial score (nSPS) is 13.3. The molecule has 1 N–H and O–H groups in total. The van der Waals surface area contributed by atoms with Gasteiger partial charge in [0.05, 0.1) is 25.0 Å². The number of carbonyl (C=O) groups excluding carboxylic acids is 2. The molecule has 0 spiro atoms. The van der Waals surface area contributed by atoms with Crippen LogP contribution in [0.3, 0.4) is 0 Å². The predicted octanol–water partition coefficient (Wildman–Crippen LogP) is 3.27. The lowest BCUT2D eigenvalue weighted by atomic mass is 10.1. The van der Waals surface area contributed by atoms with Crippen molar-refractivity contribution in [2.45, 2.75) is 6.54 Å². The molecule has 0 aromatic heterocycles. The number of carbonyl (C=O) groups is 2. The molecule has 1 heterocycles. The molecule has 0 atom stereocenters. The summed E-state index contributed by atoms with van der Waals surface area (Å²) in [7, 11) is 3.57. The Morgan fingerprint density at radius 3 is 2.69 bits per heavy atom. The van der Waals surface area contributed by atoms with E-state index >= 15 is 0 Å². The zero-order valence-electron chi connectivity index (χ0n) is 16.5. The average Bonchev–Trinajstić information content (AvgIpc) is 2.72. The zero-order valence-corrected chi connectivity index (χ0v) is 16.5. The number of amides is 2. The second kappa shape index (κ2) is 7.93. The van der Waals surface area contributed by atoms with Gasteiger partial charge in [0.15, 0.2) is 0 Å². The Morgan fingerprint density at radius 1 is 1.10 bits per heavy atom. The quantitative estimate of drug-likeness (QED) is 0.728. The summed E-state index contributed by atoms with van der Waals surface area (Å²) in [6.07, 6.45) is 0. The maximum Gasteiger partial charge on any atom is 0.244 e. The van der Waals surface area contributed by atoms with Gasteiger partial charge in [-0.2, -0.15) is 0 Å². The van der Waals surface area contributed by atoms with E-state index in [1.54, 1.807) is 18.1 Å². The topological polar surface area (TPSA) is 61.9 Å². The molecule has 6 nitrogen and oxygen atoms in total. The van der Waals surface area contributed by atoms with Gasteiger partial charge in [-0.3, -0.25) is 19.4 Å². The second-order valence-electron chi connectivity index (χ2n) is 7.26. The molecular weight excluding hydrogens is 366 g/mol. The third-order valence-electron chi connectivity index (χ3n) is 5.04. The lowest BCUT2D eigenvalue weighted by molar-refractivity contribution is -0.122. The monoisotopic (exact) mass is 389 g/mol. The number of ether oxygens (including phenoxy) is 1. The lowest BCUT2D eigenvalue weighted by Gasteiger charge is -2.30. The molecule has 0 aliphatic carbocycles. The number of methoxy groups -OCH3 is 1. The molecule has 0 unspecified atom stereocenters. The van der Waals surface area contributed by atoms with Crippen molar-refractivity contribution in [1.82, 2.24) is 4.90 Å². The van der Waals surface area contributed by atoms with E-state index in [0.29, 0.717) is 12.2 Å². The summed E-state index contributed by atoms with van der Waals surface area (Å²) in [6, 6.07) is 19.6. The highest BCUT2D eigenvalue weighted by Crippen LogP contribution is 2.29. The molecule has 29 heavy (non-hydrogen) atoms. The number of hydrogen-bond acceptors (Lipinski definition) is 4. The summed E-state index contributed by atoms with van der Waals surface area (Å²) in [5.74, 6) is 0.559. The average molecular weight is 389 g/mol. The Hall–Kier alpha value is -3.38. The third-order valence-corrected chi connectivity index (χ3v) is 5.04. The van der Waals surface area contributed by atoms with E-state index in [0.717, 1.165) is 27.8 Å². The lowest BCUT2D eigenvalue weighted by Crippen LogP contribution is -2.45. The summed E-state index contributed by atoms with van der Waals surface area (Å²) in [4.78, 5) is 28.4. The van der Waals surface area contributed by atoms with Crippen molar-refractivity contribution in [3.8, 4) is 5.75 Å². The van der Waals surface area contributed by atoms with Crippen molar-refractivity contribution in [2.24, 2.45) is 0 Å². The Morgan fingerprint density at radius 2 is 1.86 bits per heavy atom. The molecular formula is C23H23N3O3. The van der Waals surface area contributed by atoms with Gasteiger partial charge in [-0.15, -0.1) is 0 Å². The van der Waals surface area contributed by atoms with Gasteiger partial charge in [-0.25, -0.2) is 0 Å². The number of benzene rings is 3. The minimum Gasteiger partial charge on any atom is -0.497 e. The smallest absolute Gasteiger partial charge is 0.244 e. The first-order valence-corrected chi connectivity index (χ1v) is 9.48. The van der Waals surface area contributed by atoms with E-state index in [4.69, 9.17) is 4.74 Å². The molecule has 0 radical (unpaired) electrons. The van der Waals surface area contributed by atoms with Crippen LogP contribution in [0.2, 0.25) is 0 Å². The van der Waals surface area contributed by atoms with Crippen molar-refractivity contribution < 1.29 is 14.3 Å². The number of nitrogens with one attached hydrogen (secondary N) is 1. The first-order chi connectivity index (χ1) is 14.0. The van der Waals surface area contributed by atoms with E-state index in [2.05, 4.69) is 23.5 Å². The Kier molecular flexibility index (Phi) is 5.18. The highest BCUT2D eigenvalue weighted by atomic mass is 16.5. The Balaban J connectivity index is 1.46. The van der Waals surface area contributed by atoms with Crippen LogP contribution < -0.4 is 15.0 Å². The number of para-hydroxylation sites is 2. The van der Waals surface area contributed by atoms with E-state index in [1.807, 2.05) is 48.3 Å². The van der Waals surface area contributed by atoms with Crippen LogP contribution in [0.1, 0.15) is 5.56 Å². The van der Waals surface area contributed by atoms with Crippen LogP contribution in [0.5, 0.6) is 5.75 Å². The van der Waals surface area contributed by atoms with E-state index in [-0.39, 0.29) is 24.9 Å². The third kappa shape index (κ3) is 4.07. The number of likely N-dealkylation sites (N-methyl/N-ethyl adjacent to an activating group) is 1. The fourth-order valence-corrected chi connectivity index (χ4v) is 3.64. The molecule has 0 saturated heterocycles. The van der Waals surface area contributed by atoms with Gasteiger partial charge in [-0.05, 0) is 53.7 Å². The fraction of sp³-hybridized carbons (Fsp3) is 0.217. The van der Waals surface area contributed by atoms with E-state index < -0.39 is 0 Å². The summed E-state index contributed by atoms with van der Waals surface area (Å²) < 4.78 is 5.27. The molecule has 0 fully saturated rings. The van der Waals surface area contributed by atoms with Gasteiger partial charge in [0.25, 0.3) is 0 Å². The molecule has 3 aromatic rings. The summed E-state index contributed by atoms with van der Waals surface area (Å²) in [5.41, 5.74) is 2.53. The maximum absolute atomic E-state index is 12.9. The van der Waals surface area contributed by atoms with Crippen LogP contribution in [0, 0.1) is 0 Å². The molecule has 1 aliphatic rings. The summed E-state index contributed by atoms with van der Waals surface area (Å²) in [5, 5.41) is 5.05. The van der Waals surface area contributed by atoms with Crippen LogP contribution in [0.25, 0.3) is 10.8 Å².